The lowest BCUT2D eigenvalue weighted by atomic mass is 9.99. The number of benzene rings is 12. The summed E-state index contributed by atoms with van der Waals surface area (Å²) in [5.74, 6) is -4.32. The van der Waals surface area contributed by atoms with Crippen LogP contribution in [0.5, 0.6) is 0 Å². The molecule has 0 saturated heterocycles. The highest BCUT2D eigenvalue weighted by atomic mass is 19.2. The minimum absolute atomic E-state index is 0.429. The van der Waals surface area contributed by atoms with Crippen molar-refractivity contribution in [3.8, 4) is 44.5 Å². The average Bonchev–Trinajstić information content (AvgIpc) is 0.858. The predicted octanol–water partition coefficient (Wildman–Crippen LogP) is 26.3. The normalized spacial score (nSPS) is 10.9. The molecule has 12 rings (SSSR count). The standard InChI is InChI=1S/C25H26F2.C24H24F2.C23H22F2.C22H20F2/c1-2-3-4-5-19-6-8-20(9-7-19)10-11-21-12-14-22(15-13-21)24-17-16-23(26)18-25(24)27;1-2-3-4-18-5-7-19(8-6-18)9-10-20-11-13-21(14-12-20)23-16-15-22(25)17-24(23)26;1-2-3-17-4-6-18(7-5-17)8-9-19-10-12-20(13-11-19)22-15-14-21(24)16-23(22)25;1-2-16-3-5-17(6-4-16)7-8-18-9-11-19(12-10-18)21-14-13-20(23)15-22(21)24/h6-9,12-18H,2-5,10-11H2,1H3;5-8,11-17H,2-4,9-10H2,1H3;4-7,10-16H,2-3,8-9H2,1H3;3-6,9-15H,2,7-8H2,1H3. The molecule has 0 bridgehead atoms. The van der Waals surface area contributed by atoms with E-state index in [4.69, 9.17) is 0 Å². The molecule has 0 spiro atoms. The molecule has 8 heteroatoms. The van der Waals surface area contributed by atoms with Gasteiger partial charge in [0.1, 0.15) is 46.5 Å². The van der Waals surface area contributed by atoms with Crippen LogP contribution in [0.2, 0.25) is 0 Å². The largest absolute Gasteiger partial charge is 0.207 e. The molecule has 12 aromatic carbocycles. The van der Waals surface area contributed by atoms with Crippen LogP contribution < -0.4 is 0 Å². The number of rotatable bonds is 26. The van der Waals surface area contributed by atoms with Crippen molar-refractivity contribution in [2.45, 2.75) is 143 Å². The monoisotopic (exact) mass is 1370 g/mol. The van der Waals surface area contributed by atoms with Gasteiger partial charge in [-0.15, -0.1) is 0 Å². The summed E-state index contributed by atoms with van der Waals surface area (Å²) < 4.78 is 108. The van der Waals surface area contributed by atoms with E-state index >= 15 is 0 Å². The molecule has 0 unspecified atom stereocenters. The van der Waals surface area contributed by atoms with Gasteiger partial charge in [-0.3, -0.25) is 0 Å². The van der Waals surface area contributed by atoms with Crippen molar-refractivity contribution in [1.82, 2.24) is 0 Å². The van der Waals surface area contributed by atoms with Crippen molar-refractivity contribution >= 4 is 0 Å². The van der Waals surface area contributed by atoms with E-state index in [0.29, 0.717) is 22.3 Å². The van der Waals surface area contributed by atoms with Crippen molar-refractivity contribution in [3.05, 3.63) is 380 Å². The summed E-state index contributed by atoms with van der Waals surface area (Å²) in [6.45, 7) is 8.78. The zero-order chi connectivity index (χ0) is 72.0. The fourth-order valence-corrected chi connectivity index (χ4v) is 12.3. The fraction of sp³-hybridized carbons (Fsp3) is 0.234. The van der Waals surface area contributed by atoms with E-state index in [1.165, 1.54) is 154 Å². The minimum Gasteiger partial charge on any atom is -0.207 e. The Kier molecular flexibility index (Phi) is 29.8. The van der Waals surface area contributed by atoms with Crippen LogP contribution in [0.4, 0.5) is 35.1 Å². The van der Waals surface area contributed by atoms with Gasteiger partial charge >= 0.3 is 0 Å². The minimum atomic E-state index is -0.554. The van der Waals surface area contributed by atoms with Crippen molar-refractivity contribution < 1.29 is 35.1 Å². The Morgan fingerprint density at radius 1 is 0.176 bits per heavy atom. The lowest BCUT2D eigenvalue weighted by Gasteiger charge is -2.07. The number of aryl methyl sites for hydroxylation is 12. The summed E-state index contributed by atoms with van der Waals surface area (Å²) in [5, 5.41) is 0. The van der Waals surface area contributed by atoms with E-state index in [9.17, 15) is 35.1 Å². The van der Waals surface area contributed by atoms with Crippen molar-refractivity contribution in [2.75, 3.05) is 0 Å². The molecule has 0 fully saturated rings. The maximum Gasteiger partial charge on any atom is 0.133 e. The fourth-order valence-electron chi connectivity index (χ4n) is 12.3. The van der Waals surface area contributed by atoms with Crippen molar-refractivity contribution in [3.63, 3.8) is 0 Å². The predicted molar refractivity (Wildman–Crippen MR) is 408 cm³/mol. The molecule has 0 N–H and O–H groups in total. The second kappa shape index (κ2) is 39.9. The van der Waals surface area contributed by atoms with Gasteiger partial charge in [-0.1, -0.05) is 248 Å². The first kappa shape index (κ1) is 76.3. The van der Waals surface area contributed by atoms with Crippen molar-refractivity contribution in [1.29, 1.82) is 0 Å². The molecule has 0 atom stereocenters. The van der Waals surface area contributed by atoms with Crippen LogP contribution in [0, 0.1) is 46.5 Å². The van der Waals surface area contributed by atoms with Gasteiger partial charge in [0.25, 0.3) is 0 Å². The molecular weight excluding hydrogens is 1280 g/mol. The van der Waals surface area contributed by atoms with Gasteiger partial charge in [0, 0.05) is 46.5 Å². The molecule has 102 heavy (non-hydrogen) atoms. The van der Waals surface area contributed by atoms with Gasteiger partial charge in [-0.2, -0.15) is 0 Å². The Balaban J connectivity index is 0.000000158. The highest BCUT2D eigenvalue weighted by molar-refractivity contribution is 5.67. The van der Waals surface area contributed by atoms with E-state index in [1.807, 2.05) is 97.1 Å². The maximum absolute atomic E-state index is 13.9. The molecule has 0 radical (unpaired) electrons. The average molecular weight is 1370 g/mol. The van der Waals surface area contributed by atoms with E-state index in [1.54, 1.807) is 0 Å². The van der Waals surface area contributed by atoms with Gasteiger partial charge in [-0.25, -0.2) is 35.1 Å². The summed E-state index contributed by atoms with van der Waals surface area (Å²) in [5.41, 5.74) is 20.5. The van der Waals surface area contributed by atoms with Crippen molar-refractivity contribution in [2.24, 2.45) is 0 Å². The van der Waals surface area contributed by atoms with Gasteiger partial charge in [0.05, 0.1) is 0 Å². The smallest absolute Gasteiger partial charge is 0.133 e. The Hall–Kier alpha value is -9.92. The summed E-state index contributed by atoms with van der Waals surface area (Å²) in [6, 6.07) is 81.5. The summed E-state index contributed by atoms with van der Waals surface area (Å²) >= 11 is 0. The third-order valence-electron chi connectivity index (χ3n) is 18.5. The topological polar surface area (TPSA) is 0 Å². The van der Waals surface area contributed by atoms with Crippen LogP contribution in [-0.4, -0.2) is 0 Å². The first-order valence-corrected chi connectivity index (χ1v) is 36.1. The first-order chi connectivity index (χ1) is 49.6. The van der Waals surface area contributed by atoms with Gasteiger partial charge < -0.3 is 0 Å². The van der Waals surface area contributed by atoms with E-state index < -0.39 is 46.5 Å². The highest BCUT2D eigenvalue weighted by Crippen LogP contribution is 2.29. The summed E-state index contributed by atoms with van der Waals surface area (Å²) in [4.78, 5) is 0. The van der Waals surface area contributed by atoms with Crippen LogP contribution >= 0.6 is 0 Å². The van der Waals surface area contributed by atoms with Crippen LogP contribution in [0.1, 0.15) is 133 Å². The van der Waals surface area contributed by atoms with E-state index in [0.717, 1.165) is 124 Å². The first-order valence-electron chi connectivity index (χ1n) is 36.1. The number of hydrogen-bond donors (Lipinski definition) is 0. The molecule has 0 heterocycles. The second-order valence-electron chi connectivity index (χ2n) is 26.2. The summed E-state index contributed by atoms with van der Waals surface area (Å²) in [7, 11) is 0. The SMILES string of the molecule is CCCCCc1ccc(CCc2ccc(-c3ccc(F)cc3F)cc2)cc1.CCCCc1ccc(CCc2ccc(-c3ccc(F)cc3F)cc2)cc1.CCCc1ccc(CCc2ccc(-c3ccc(F)cc3F)cc2)cc1.CCc1ccc(CCc2ccc(-c3ccc(F)cc3F)cc2)cc1. The third kappa shape index (κ3) is 24.1. The lowest BCUT2D eigenvalue weighted by molar-refractivity contribution is 0.585. The molecule has 0 amide bonds. The van der Waals surface area contributed by atoms with Crippen LogP contribution in [0.3, 0.4) is 0 Å². The Labute approximate surface area is 599 Å². The van der Waals surface area contributed by atoms with Crippen LogP contribution in [-0.2, 0) is 77.0 Å². The molecule has 0 aromatic heterocycles. The molecule has 0 aliphatic carbocycles. The Bertz CT molecular complexity index is 4470. The zero-order valence-electron chi connectivity index (χ0n) is 59.2. The zero-order valence-corrected chi connectivity index (χ0v) is 59.2. The Morgan fingerprint density at radius 3 is 0.578 bits per heavy atom. The van der Waals surface area contributed by atoms with E-state index in [-0.39, 0.29) is 0 Å². The Morgan fingerprint density at radius 2 is 0.373 bits per heavy atom. The molecule has 0 saturated carbocycles. The van der Waals surface area contributed by atoms with Gasteiger partial charge in [0.2, 0.25) is 0 Å². The number of halogens is 8. The molecule has 0 nitrogen and oxygen atoms in total. The second-order valence-corrected chi connectivity index (χ2v) is 26.2. The lowest BCUT2D eigenvalue weighted by Crippen LogP contribution is -1.93. The molecule has 0 aliphatic heterocycles. The van der Waals surface area contributed by atoms with E-state index in [2.05, 4.69) is 125 Å². The molecule has 12 aromatic rings. The number of unbranched alkanes of at least 4 members (excludes halogenated alkanes) is 3. The molecular formula is C94H92F8. The maximum atomic E-state index is 13.9. The quantitative estimate of drug-likeness (QED) is 0.0374. The molecule has 0 aliphatic rings. The summed E-state index contributed by atoms with van der Waals surface area (Å²) in [6.07, 6.45) is 19.6. The highest BCUT2D eigenvalue weighted by Gasteiger charge is 2.12. The van der Waals surface area contributed by atoms with Crippen LogP contribution in [0.25, 0.3) is 44.5 Å². The molecule has 524 valence electrons. The van der Waals surface area contributed by atoms with Gasteiger partial charge in [-0.05, 0) is 227 Å². The van der Waals surface area contributed by atoms with Crippen LogP contribution in [0.15, 0.2) is 267 Å². The third-order valence-corrected chi connectivity index (χ3v) is 18.5. The number of hydrogen-bond acceptors (Lipinski definition) is 0. The van der Waals surface area contributed by atoms with Gasteiger partial charge in [0.15, 0.2) is 0 Å².